The van der Waals surface area contributed by atoms with E-state index in [-0.39, 0.29) is 30.6 Å². The van der Waals surface area contributed by atoms with Crippen LogP contribution < -0.4 is 5.73 Å². The highest BCUT2D eigenvalue weighted by Gasteiger charge is 2.38. The molecule has 1 fully saturated rings. The van der Waals surface area contributed by atoms with Gasteiger partial charge in [0.25, 0.3) is 5.91 Å². The number of hydrogen-bond donors (Lipinski definition) is 1. The van der Waals surface area contributed by atoms with Crippen molar-refractivity contribution in [3.8, 4) is 0 Å². The van der Waals surface area contributed by atoms with E-state index in [1.165, 1.54) is 0 Å². The summed E-state index contributed by atoms with van der Waals surface area (Å²) in [7, 11) is 0. The molecule has 1 amide bonds. The van der Waals surface area contributed by atoms with Crippen molar-refractivity contribution in [2.24, 2.45) is 5.73 Å². The van der Waals surface area contributed by atoms with E-state index in [0.717, 1.165) is 5.56 Å². The summed E-state index contributed by atoms with van der Waals surface area (Å²) in [6.45, 7) is 4.79. The minimum absolute atomic E-state index is 0.0103. The largest absolute Gasteiger partial charge is 0.455 e. The topological polar surface area (TPSA) is 68.7 Å². The van der Waals surface area contributed by atoms with E-state index in [1.54, 1.807) is 12.1 Å². The van der Waals surface area contributed by atoms with Crippen molar-refractivity contribution >= 4 is 5.91 Å². The molecule has 1 saturated heterocycles. The second-order valence-corrected chi connectivity index (χ2v) is 5.94. The summed E-state index contributed by atoms with van der Waals surface area (Å²) in [4.78, 5) is 14.7. The van der Waals surface area contributed by atoms with Crippen molar-refractivity contribution in [3.05, 3.63) is 59.5 Å². The van der Waals surface area contributed by atoms with Crippen molar-refractivity contribution < 1.29 is 13.9 Å². The molecule has 23 heavy (non-hydrogen) atoms. The minimum atomic E-state index is -0.139. The summed E-state index contributed by atoms with van der Waals surface area (Å²) in [6.07, 6.45) is -0.139. The van der Waals surface area contributed by atoms with Crippen molar-refractivity contribution in [2.45, 2.75) is 38.6 Å². The molecule has 2 heterocycles. The molecule has 3 rings (SSSR count). The summed E-state index contributed by atoms with van der Waals surface area (Å²) in [5.41, 5.74) is 6.63. The highest BCUT2D eigenvalue weighted by atomic mass is 16.5. The Morgan fingerprint density at radius 2 is 1.96 bits per heavy atom. The lowest BCUT2D eigenvalue weighted by Crippen LogP contribution is -2.53. The van der Waals surface area contributed by atoms with E-state index in [1.807, 2.05) is 49.1 Å². The predicted molar refractivity (Wildman–Crippen MR) is 86.8 cm³/mol. The molecular formula is C18H22N2O3. The standard InChI is InChI=1S/C18H22N2O3/c1-12-11-22-17(14-6-4-3-5-7-14)13(2)20(12)18(21)16-9-8-15(10-19)23-16/h3-9,12-13,17H,10-11,19H2,1-2H3. The Morgan fingerprint density at radius 3 is 2.61 bits per heavy atom. The Balaban J connectivity index is 1.85. The minimum Gasteiger partial charge on any atom is -0.455 e. The van der Waals surface area contributed by atoms with E-state index >= 15 is 0 Å². The molecule has 1 aromatic heterocycles. The molecular weight excluding hydrogens is 292 g/mol. The van der Waals surface area contributed by atoms with Gasteiger partial charge >= 0.3 is 0 Å². The van der Waals surface area contributed by atoms with Gasteiger partial charge < -0.3 is 19.8 Å². The molecule has 0 saturated carbocycles. The van der Waals surface area contributed by atoms with Crippen LogP contribution in [0.15, 0.2) is 46.9 Å². The van der Waals surface area contributed by atoms with Crippen molar-refractivity contribution in [2.75, 3.05) is 6.61 Å². The van der Waals surface area contributed by atoms with E-state index in [9.17, 15) is 4.79 Å². The maximum absolute atomic E-state index is 12.9. The van der Waals surface area contributed by atoms with Crippen LogP contribution in [0.5, 0.6) is 0 Å². The summed E-state index contributed by atoms with van der Waals surface area (Å²) in [5.74, 6) is 0.827. The van der Waals surface area contributed by atoms with Gasteiger partial charge in [-0.25, -0.2) is 0 Å². The monoisotopic (exact) mass is 314 g/mol. The van der Waals surface area contributed by atoms with Crippen molar-refractivity contribution in [3.63, 3.8) is 0 Å². The fourth-order valence-electron chi connectivity index (χ4n) is 3.14. The first-order valence-electron chi connectivity index (χ1n) is 7.89. The number of nitrogens with zero attached hydrogens (tertiary/aromatic N) is 1. The van der Waals surface area contributed by atoms with Gasteiger partial charge in [0.05, 0.1) is 25.2 Å². The Hall–Kier alpha value is -2.11. The van der Waals surface area contributed by atoms with Gasteiger partial charge in [-0.3, -0.25) is 4.79 Å². The maximum atomic E-state index is 12.9. The molecule has 0 aliphatic carbocycles. The number of morpholine rings is 1. The molecule has 5 heteroatoms. The maximum Gasteiger partial charge on any atom is 0.290 e. The average molecular weight is 314 g/mol. The van der Waals surface area contributed by atoms with Crippen LogP contribution in [0, 0.1) is 0 Å². The summed E-state index contributed by atoms with van der Waals surface area (Å²) < 4.78 is 11.5. The Labute approximate surface area is 136 Å². The lowest BCUT2D eigenvalue weighted by molar-refractivity contribution is -0.0814. The van der Waals surface area contributed by atoms with Crippen LogP contribution in [-0.2, 0) is 11.3 Å². The molecule has 1 aromatic carbocycles. The average Bonchev–Trinajstić information content (AvgIpc) is 3.05. The third-order valence-corrected chi connectivity index (χ3v) is 4.31. The molecule has 0 spiro atoms. The fourth-order valence-corrected chi connectivity index (χ4v) is 3.14. The number of ether oxygens (including phenoxy) is 1. The van der Waals surface area contributed by atoms with E-state index < -0.39 is 0 Å². The van der Waals surface area contributed by atoms with Gasteiger partial charge in [-0.05, 0) is 31.5 Å². The molecule has 0 radical (unpaired) electrons. The van der Waals surface area contributed by atoms with Crippen LogP contribution in [0.2, 0.25) is 0 Å². The number of benzene rings is 1. The van der Waals surface area contributed by atoms with Crippen LogP contribution in [0.3, 0.4) is 0 Å². The zero-order valence-electron chi connectivity index (χ0n) is 13.4. The Bertz CT molecular complexity index is 668. The van der Waals surface area contributed by atoms with Crippen molar-refractivity contribution in [1.82, 2.24) is 4.90 Å². The molecule has 3 unspecified atom stereocenters. The second kappa shape index (κ2) is 6.56. The Kier molecular flexibility index (Phi) is 4.50. The van der Waals surface area contributed by atoms with Crippen LogP contribution >= 0.6 is 0 Å². The summed E-state index contributed by atoms with van der Waals surface area (Å²) in [5, 5.41) is 0. The fraction of sp³-hybridized carbons (Fsp3) is 0.389. The first-order valence-corrected chi connectivity index (χ1v) is 7.89. The number of carbonyl (C=O) groups excluding carboxylic acids is 1. The number of nitrogens with two attached hydrogens (primary N) is 1. The van der Waals surface area contributed by atoms with E-state index in [0.29, 0.717) is 18.1 Å². The molecule has 2 N–H and O–H groups in total. The summed E-state index contributed by atoms with van der Waals surface area (Å²) in [6, 6.07) is 13.3. The number of carbonyl (C=O) groups is 1. The van der Waals surface area contributed by atoms with Gasteiger partial charge in [0.15, 0.2) is 5.76 Å². The smallest absolute Gasteiger partial charge is 0.290 e. The van der Waals surface area contributed by atoms with Crippen molar-refractivity contribution in [1.29, 1.82) is 0 Å². The molecule has 1 aliphatic rings. The van der Waals surface area contributed by atoms with Gasteiger partial charge in [0.2, 0.25) is 0 Å². The second-order valence-electron chi connectivity index (χ2n) is 5.94. The van der Waals surface area contributed by atoms with Crippen LogP contribution in [-0.4, -0.2) is 29.5 Å². The predicted octanol–water partition coefficient (Wildman–Crippen LogP) is 2.73. The van der Waals surface area contributed by atoms with Crippen LogP contribution in [0.25, 0.3) is 0 Å². The number of rotatable bonds is 3. The van der Waals surface area contributed by atoms with Gasteiger partial charge in [0, 0.05) is 0 Å². The molecule has 2 aromatic rings. The van der Waals surface area contributed by atoms with E-state index in [2.05, 4.69) is 0 Å². The lowest BCUT2D eigenvalue weighted by Gasteiger charge is -2.43. The van der Waals surface area contributed by atoms with Gasteiger partial charge in [-0.15, -0.1) is 0 Å². The summed E-state index contributed by atoms with van der Waals surface area (Å²) >= 11 is 0. The number of amides is 1. The van der Waals surface area contributed by atoms with Crippen LogP contribution in [0.1, 0.15) is 41.8 Å². The number of hydrogen-bond acceptors (Lipinski definition) is 4. The molecule has 3 atom stereocenters. The van der Waals surface area contributed by atoms with Gasteiger partial charge in [-0.2, -0.15) is 0 Å². The quantitative estimate of drug-likeness (QED) is 0.946. The number of furan rings is 1. The zero-order chi connectivity index (χ0) is 16.4. The Morgan fingerprint density at radius 1 is 1.22 bits per heavy atom. The van der Waals surface area contributed by atoms with Crippen LogP contribution in [0.4, 0.5) is 0 Å². The van der Waals surface area contributed by atoms with E-state index in [4.69, 9.17) is 14.9 Å². The third-order valence-electron chi connectivity index (χ3n) is 4.31. The first kappa shape index (κ1) is 15.8. The normalized spacial score (nSPS) is 24.7. The highest BCUT2D eigenvalue weighted by Crippen LogP contribution is 2.32. The molecule has 122 valence electrons. The molecule has 1 aliphatic heterocycles. The SMILES string of the molecule is CC1COC(c2ccccc2)C(C)N1C(=O)c1ccc(CN)o1. The first-order chi connectivity index (χ1) is 11.1. The lowest BCUT2D eigenvalue weighted by atomic mass is 9.98. The zero-order valence-corrected chi connectivity index (χ0v) is 13.4. The third kappa shape index (κ3) is 3.02. The highest BCUT2D eigenvalue weighted by molar-refractivity contribution is 5.92. The molecule has 0 bridgehead atoms. The van der Waals surface area contributed by atoms with Gasteiger partial charge in [0.1, 0.15) is 11.9 Å². The van der Waals surface area contributed by atoms with Gasteiger partial charge in [-0.1, -0.05) is 30.3 Å². The molecule has 5 nitrogen and oxygen atoms in total.